The van der Waals surface area contributed by atoms with Gasteiger partial charge in [0.15, 0.2) is 0 Å². The van der Waals surface area contributed by atoms with Crippen LogP contribution < -0.4 is 5.32 Å². The predicted molar refractivity (Wildman–Crippen MR) is 56.7 cm³/mol. The third-order valence-corrected chi connectivity index (χ3v) is 2.33. The second kappa shape index (κ2) is 4.37. The first-order valence-corrected chi connectivity index (χ1v) is 5.16. The van der Waals surface area contributed by atoms with Gasteiger partial charge in [0.1, 0.15) is 5.60 Å². The summed E-state index contributed by atoms with van der Waals surface area (Å²) in [6, 6.07) is -0.195. The van der Waals surface area contributed by atoms with E-state index in [4.69, 9.17) is 4.74 Å². The number of ether oxygens (including phenoxy) is 1. The normalized spacial score (nSPS) is 26.5. The zero-order chi connectivity index (χ0) is 11.6. The molecule has 1 aliphatic heterocycles. The van der Waals surface area contributed by atoms with E-state index < -0.39 is 17.8 Å². The topological polar surface area (TPSA) is 61.8 Å². The van der Waals surface area contributed by atoms with Crippen molar-refractivity contribution >= 4 is 6.09 Å². The second-order valence-corrected chi connectivity index (χ2v) is 4.88. The highest BCUT2D eigenvalue weighted by Gasteiger charge is 2.33. The lowest BCUT2D eigenvalue weighted by molar-refractivity contribution is 0.0113. The van der Waals surface area contributed by atoms with Gasteiger partial charge in [0, 0.05) is 20.1 Å². The molecule has 0 aromatic rings. The van der Waals surface area contributed by atoms with Gasteiger partial charge in [-0.2, -0.15) is 0 Å². The summed E-state index contributed by atoms with van der Waals surface area (Å²) in [4.78, 5) is 13.1. The van der Waals surface area contributed by atoms with Crippen molar-refractivity contribution in [2.75, 3.05) is 20.1 Å². The van der Waals surface area contributed by atoms with E-state index in [0.717, 1.165) is 0 Å². The minimum absolute atomic E-state index is 0.195. The van der Waals surface area contributed by atoms with Crippen molar-refractivity contribution in [3.63, 3.8) is 0 Å². The number of rotatable bonds is 1. The van der Waals surface area contributed by atoms with Crippen LogP contribution in [0, 0.1) is 0 Å². The van der Waals surface area contributed by atoms with Crippen molar-refractivity contribution in [3.05, 3.63) is 0 Å². The summed E-state index contributed by atoms with van der Waals surface area (Å²) in [5.41, 5.74) is -0.498. The number of aliphatic hydroxyl groups excluding tert-OH is 1. The second-order valence-electron chi connectivity index (χ2n) is 4.88. The van der Waals surface area contributed by atoms with Gasteiger partial charge in [0.05, 0.1) is 12.1 Å². The van der Waals surface area contributed by atoms with Crippen LogP contribution in [0.5, 0.6) is 0 Å². The highest BCUT2D eigenvalue weighted by molar-refractivity contribution is 5.68. The Bertz CT molecular complexity index is 237. The first-order valence-electron chi connectivity index (χ1n) is 5.16. The summed E-state index contributed by atoms with van der Waals surface area (Å²) in [7, 11) is 1.65. The van der Waals surface area contributed by atoms with Crippen molar-refractivity contribution in [1.82, 2.24) is 10.2 Å². The fourth-order valence-electron chi connectivity index (χ4n) is 1.52. The van der Waals surface area contributed by atoms with Crippen LogP contribution in [0.2, 0.25) is 0 Å². The first kappa shape index (κ1) is 12.3. The molecule has 1 heterocycles. The number of nitrogens with zero attached hydrogens (tertiary/aromatic N) is 1. The minimum atomic E-state index is -0.512. The number of carbonyl (C=O) groups excluding carboxylic acids is 1. The third-order valence-electron chi connectivity index (χ3n) is 2.33. The van der Waals surface area contributed by atoms with Crippen LogP contribution in [0.3, 0.4) is 0 Å². The first-order chi connectivity index (χ1) is 6.81. The standard InChI is InChI=1S/C10H20N2O3/c1-10(2,3)15-9(14)12(4)7-5-11-6-8(7)13/h7-8,11,13H,5-6H2,1-4H3/t7-,8+/m0/s1. The Kier molecular flexibility index (Phi) is 3.57. The zero-order valence-corrected chi connectivity index (χ0v) is 9.78. The number of carbonyl (C=O) groups is 1. The van der Waals surface area contributed by atoms with E-state index in [1.807, 2.05) is 20.8 Å². The van der Waals surface area contributed by atoms with Gasteiger partial charge in [-0.15, -0.1) is 0 Å². The molecule has 1 aliphatic rings. The number of aliphatic hydroxyl groups is 1. The van der Waals surface area contributed by atoms with Gasteiger partial charge < -0.3 is 20.1 Å². The molecule has 15 heavy (non-hydrogen) atoms. The number of β-amino-alcohol motifs (C(OH)–C–C–N with tert-alkyl or cyclic N) is 1. The number of hydrogen-bond acceptors (Lipinski definition) is 4. The molecular formula is C10H20N2O3. The lowest BCUT2D eigenvalue weighted by Gasteiger charge is -2.29. The van der Waals surface area contributed by atoms with Gasteiger partial charge in [-0.05, 0) is 20.8 Å². The lowest BCUT2D eigenvalue weighted by Crippen LogP contribution is -2.46. The van der Waals surface area contributed by atoms with Crippen LogP contribution in [0.4, 0.5) is 4.79 Å². The fraction of sp³-hybridized carbons (Fsp3) is 0.900. The van der Waals surface area contributed by atoms with Gasteiger partial charge in [-0.1, -0.05) is 0 Å². The Labute approximate surface area is 90.4 Å². The molecule has 0 aliphatic carbocycles. The molecule has 0 aromatic carbocycles. The molecule has 88 valence electrons. The van der Waals surface area contributed by atoms with Crippen molar-refractivity contribution in [1.29, 1.82) is 0 Å². The Balaban J connectivity index is 2.52. The summed E-state index contributed by atoms with van der Waals surface area (Å²) < 4.78 is 5.21. The molecule has 0 radical (unpaired) electrons. The van der Waals surface area contributed by atoms with Gasteiger partial charge in [0.25, 0.3) is 0 Å². The minimum Gasteiger partial charge on any atom is -0.444 e. The summed E-state index contributed by atoms with van der Waals surface area (Å²) >= 11 is 0. The predicted octanol–water partition coefficient (Wildman–Crippen LogP) is 0.186. The van der Waals surface area contributed by atoms with E-state index in [-0.39, 0.29) is 6.04 Å². The molecule has 1 rings (SSSR count). The van der Waals surface area contributed by atoms with E-state index in [9.17, 15) is 9.90 Å². The molecule has 2 atom stereocenters. The largest absolute Gasteiger partial charge is 0.444 e. The Morgan fingerprint density at radius 2 is 2.07 bits per heavy atom. The maximum atomic E-state index is 11.7. The Hall–Kier alpha value is -0.810. The van der Waals surface area contributed by atoms with Crippen molar-refractivity contribution in [2.45, 2.75) is 38.5 Å². The van der Waals surface area contributed by atoms with E-state index in [2.05, 4.69) is 5.32 Å². The van der Waals surface area contributed by atoms with Crippen LogP contribution in [0.1, 0.15) is 20.8 Å². The molecule has 0 saturated carbocycles. The maximum Gasteiger partial charge on any atom is 0.410 e. The molecule has 5 nitrogen and oxygen atoms in total. The van der Waals surface area contributed by atoms with Crippen LogP contribution in [0.15, 0.2) is 0 Å². The Morgan fingerprint density at radius 3 is 2.47 bits per heavy atom. The quantitative estimate of drug-likeness (QED) is 0.656. The lowest BCUT2D eigenvalue weighted by atomic mass is 10.2. The summed E-state index contributed by atoms with van der Waals surface area (Å²) in [6.07, 6.45) is -0.905. The van der Waals surface area contributed by atoms with Crippen LogP contribution in [0.25, 0.3) is 0 Å². The van der Waals surface area contributed by atoms with Crippen LogP contribution in [-0.2, 0) is 4.74 Å². The summed E-state index contributed by atoms with van der Waals surface area (Å²) in [5, 5.41) is 12.6. The zero-order valence-electron chi connectivity index (χ0n) is 9.78. The molecule has 0 spiro atoms. The average Bonchev–Trinajstić information content (AvgIpc) is 2.47. The van der Waals surface area contributed by atoms with Crippen molar-refractivity contribution < 1.29 is 14.6 Å². The van der Waals surface area contributed by atoms with E-state index in [1.54, 1.807) is 7.05 Å². The highest BCUT2D eigenvalue weighted by atomic mass is 16.6. The van der Waals surface area contributed by atoms with Crippen molar-refractivity contribution in [2.24, 2.45) is 0 Å². The molecule has 0 bridgehead atoms. The molecule has 0 aromatic heterocycles. The van der Waals surface area contributed by atoms with Crippen molar-refractivity contribution in [3.8, 4) is 0 Å². The summed E-state index contributed by atoms with van der Waals surface area (Å²) in [5.74, 6) is 0. The van der Waals surface area contributed by atoms with Gasteiger partial charge in [-0.25, -0.2) is 4.79 Å². The highest BCUT2D eigenvalue weighted by Crippen LogP contribution is 2.13. The van der Waals surface area contributed by atoms with Gasteiger partial charge in [0.2, 0.25) is 0 Å². The van der Waals surface area contributed by atoms with E-state index >= 15 is 0 Å². The SMILES string of the molecule is CN(C(=O)OC(C)(C)C)[C@H]1CNC[C@H]1O. The molecule has 2 N–H and O–H groups in total. The number of nitrogens with one attached hydrogen (secondary N) is 1. The van der Waals surface area contributed by atoms with Crippen LogP contribution >= 0.6 is 0 Å². The fourth-order valence-corrected chi connectivity index (χ4v) is 1.52. The van der Waals surface area contributed by atoms with Gasteiger partial charge in [-0.3, -0.25) is 0 Å². The number of likely N-dealkylation sites (N-methyl/N-ethyl adjacent to an activating group) is 1. The molecule has 1 fully saturated rings. The summed E-state index contributed by atoms with van der Waals surface area (Å²) in [6.45, 7) is 6.60. The number of hydrogen-bond donors (Lipinski definition) is 2. The monoisotopic (exact) mass is 216 g/mol. The molecule has 5 heteroatoms. The van der Waals surface area contributed by atoms with Gasteiger partial charge >= 0.3 is 6.09 Å². The smallest absolute Gasteiger partial charge is 0.410 e. The van der Waals surface area contributed by atoms with E-state index in [1.165, 1.54) is 4.90 Å². The third kappa shape index (κ3) is 3.35. The van der Waals surface area contributed by atoms with Crippen LogP contribution in [-0.4, -0.2) is 54.0 Å². The maximum absolute atomic E-state index is 11.7. The molecule has 1 saturated heterocycles. The Morgan fingerprint density at radius 1 is 1.47 bits per heavy atom. The average molecular weight is 216 g/mol. The molecule has 0 unspecified atom stereocenters. The van der Waals surface area contributed by atoms with E-state index in [0.29, 0.717) is 13.1 Å². The number of amides is 1. The molecular weight excluding hydrogens is 196 g/mol. The molecule has 1 amide bonds.